The quantitative estimate of drug-likeness (QED) is 0.508. The molecular weight excluding hydrogens is 380 g/mol. The summed E-state index contributed by atoms with van der Waals surface area (Å²) in [5.74, 6) is 0.874. The number of aromatic nitrogens is 4. The Morgan fingerprint density at radius 3 is 2.63 bits per heavy atom. The van der Waals surface area contributed by atoms with Crippen LogP contribution in [0.4, 0.5) is 5.82 Å². The molecule has 0 bridgehead atoms. The van der Waals surface area contributed by atoms with Crippen LogP contribution in [0.1, 0.15) is 12.8 Å². The normalized spacial score (nSPS) is 14.9. The summed E-state index contributed by atoms with van der Waals surface area (Å²) >= 11 is 0. The monoisotopic (exact) mass is 400 g/mol. The maximum Gasteiger partial charge on any atom is 0.248 e. The molecule has 4 heterocycles. The highest BCUT2D eigenvalue weighted by Crippen LogP contribution is 2.31. The van der Waals surface area contributed by atoms with Gasteiger partial charge in [-0.05, 0) is 54.3 Å². The molecule has 0 saturated carbocycles. The molecule has 0 atom stereocenters. The summed E-state index contributed by atoms with van der Waals surface area (Å²) in [6.07, 6.45) is 4.94. The minimum atomic E-state index is -0.132. The summed E-state index contributed by atoms with van der Waals surface area (Å²) in [4.78, 5) is 31.8. The number of pyridine rings is 2. The third kappa shape index (κ3) is 3.36. The SMILES string of the molecule is O=NC1CCN(c2cc(-c3n[nH]c4ccc(-c5cc[nH]c(=O)c5)cc34)ccn2)CC1. The highest BCUT2D eigenvalue weighted by molar-refractivity contribution is 5.95. The van der Waals surface area contributed by atoms with Gasteiger partial charge in [-0.2, -0.15) is 10.0 Å². The first-order chi connectivity index (χ1) is 14.7. The first kappa shape index (κ1) is 18.2. The maximum atomic E-state index is 11.7. The van der Waals surface area contributed by atoms with E-state index in [-0.39, 0.29) is 11.6 Å². The number of hydrogen-bond donors (Lipinski definition) is 2. The number of benzene rings is 1. The molecule has 2 N–H and O–H groups in total. The van der Waals surface area contributed by atoms with Crippen molar-refractivity contribution < 1.29 is 0 Å². The molecule has 0 radical (unpaired) electrons. The highest BCUT2D eigenvalue weighted by atomic mass is 16.3. The Hall–Kier alpha value is -3.81. The third-order valence-corrected chi connectivity index (χ3v) is 5.63. The van der Waals surface area contributed by atoms with Crippen LogP contribution in [0.15, 0.2) is 64.8 Å². The molecular formula is C22H20N6O2. The predicted molar refractivity (Wildman–Crippen MR) is 116 cm³/mol. The van der Waals surface area contributed by atoms with Gasteiger partial charge in [-0.1, -0.05) is 11.2 Å². The van der Waals surface area contributed by atoms with E-state index in [1.54, 1.807) is 18.5 Å². The van der Waals surface area contributed by atoms with Gasteiger partial charge in [-0.25, -0.2) is 4.98 Å². The van der Waals surface area contributed by atoms with Crippen molar-refractivity contribution in [3.63, 3.8) is 0 Å². The van der Waals surface area contributed by atoms with Gasteiger partial charge in [0.05, 0.1) is 11.6 Å². The number of fused-ring (bicyclic) bond motifs is 1. The lowest BCUT2D eigenvalue weighted by atomic mass is 10.0. The number of nitrogens with one attached hydrogen (secondary N) is 2. The topological polar surface area (TPSA) is 107 Å². The minimum absolute atomic E-state index is 0.0941. The standard InChI is InChI=1S/C22H20N6O2/c29-21-13-15(3-8-24-21)14-1-2-19-18(11-14)22(26-25-19)16-4-7-23-20(12-16)28-9-5-17(27-30)6-10-28/h1-4,7-8,11-13,17H,5-6,9-10H2,(H,24,29)(H,25,26). The summed E-state index contributed by atoms with van der Waals surface area (Å²) in [6.45, 7) is 1.53. The van der Waals surface area contributed by atoms with Gasteiger partial charge >= 0.3 is 0 Å². The molecule has 150 valence electrons. The smallest absolute Gasteiger partial charge is 0.248 e. The summed E-state index contributed by atoms with van der Waals surface area (Å²) in [6, 6.07) is 13.3. The van der Waals surface area contributed by atoms with Crippen molar-refractivity contribution in [2.45, 2.75) is 18.9 Å². The Kier molecular flexibility index (Phi) is 4.59. The van der Waals surface area contributed by atoms with Crippen molar-refractivity contribution in [3.05, 3.63) is 70.1 Å². The van der Waals surface area contributed by atoms with E-state index in [4.69, 9.17) is 0 Å². The average molecular weight is 400 g/mol. The molecule has 1 saturated heterocycles. The summed E-state index contributed by atoms with van der Waals surface area (Å²) in [5.41, 5.74) is 4.40. The van der Waals surface area contributed by atoms with Crippen LogP contribution in [-0.2, 0) is 0 Å². The van der Waals surface area contributed by atoms with Crippen LogP contribution in [0.3, 0.4) is 0 Å². The number of aromatic amines is 2. The molecule has 1 fully saturated rings. The van der Waals surface area contributed by atoms with Gasteiger partial charge < -0.3 is 9.88 Å². The van der Waals surface area contributed by atoms with Crippen molar-refractivity contribution in [2.75, 3.05) is 18.0 Å². The molecule has 1 aromatic carbocycles. The second-order valence-corrected chi connectivity index (χ2v) is 7.50. The second kappa shape index (κ2) is 7.55. The number of H-pyrrole nitrogens is 2. The third-order valence-electron chi connectivity index (χ3n) is 5.63. The van der Waals surface area contributed by atoms with Gasteiger partial charge in [0.2, 0.25) is 5.56 Å². The Morgan fingerprint density at radius 2 is 1.83 bits per heavy atom. The van der Waals surface area contributed by atoms with Crippen LogP contribution in [0, 0.1) is 4.91 Å². The fourth-order valence-electron chi connectivity index (χ4n) is 3.98. The van der Waals surface area contributed by atoms with E-state index in [0.717, 1.165) is 65.0 Å². The number of anilines is 1. The summed E-state index contributed by atoms with van der Waals surface area (Å²) in [5, 5.41) is 11.8. The van der Waals surface area contributed by atoms with Crippen molar-refractivity contribution in [1.29, 1.82) is 0 Å². The van der Waals surface area contributed by atoms with Crippen molar-refractivity contribution >= 4 is 16.7 Å². The summed E-state index contributed by atoms with van der Waals surface area (Å²) in [7, 11) is 0. The Labute approximate surface area is 171 Å². The van der Waals surface area contributed by atoms with E-state index >= 15 is 0 Å². The molecule has 1 aliphatic rings. The molecule has 8 heteroatoms. The number of nitrogens with zero attached hydrogens (tertiary/aromatic N) is 4. The van der Waals surface area contributed by atoms with Gasteiger partial charge in [0.25, 0.3) is 0 Å². The Bertz CT molecular complexity index is 1270. The van der Waals surface area contributed by atoms with Crippen molar-refractivity contribution in [3.8, 4) is 22.4 Å². The molecule has 8 nitrogen and oxygen atoms in total. The molecule has 3 aromatic heterocycles. The molecule has 5 rings (SSSR count). The van der Waals surface area contributed by atoms with Gasteiger partial charge in [-0.15, -0.1) is 0 Å². The lowest BCUT2D eigenvalue weighted by Gasteiger charge is -2.30. The fourth-order valence-corrected chi connectivity index (χ4v) is 3.98. The lowest BCUT2D eigenvalue weighted by Crippen LogP contribution is -2.35. The van der Waals surface area contributed by atoms with Crippen LogP contribution in [-0.4, -0.2) is 39.3 Å². The van der Waals surface area contributed by atoms with Gasteiger partial charge in [-0.3, -0.25) is 9.89 Å². The van der Waals surface area contributed by atoms with Crippen molar-refractivity contribution in [2.24, 2.45) is 5.18 Å². The Morgan fingerprint density at radius 1 is 1.00 bits per heavy atom. The van der Waals surface area contributed by atoms with Gasteiger partial charge in [0.15, 0.2) is 0 Å². The Balaban J connectivity index is 1.51. The van der Waals surface area contributed by atoms with Crippen LogP contribution in [0.25, 0.3) is 33.3 Å². The lowest BCUT2D eigenvalue weighted by molar-refractivity contribution is 0.498. The predicted octanol–water partition coefficient (Wildman–Crippen LogP) is 3.72. The van der Waals surface area contributed by atoms with E-state index in [2.05, 4.69) is 30.2 Å². The first-order valence-electron chi connectivity index (χ1n) is 9.92. The van der Waals surface area contributed by atoms with Crippen LogP contribution in [0.5, 0.6) is 0 Å². The van der Waals surface area contributed by atoms with E-state index < -0.39 is 0 Å². The van der Waals surface area contributed by atoms with E-state index in [0.29, 0.717) is 0 Å². The zero-order chi connectivity index (χ0) is 20.5. The van der Waals surface area contributed by atoms with Crippen molar-refractivity contribution in [1.82, 2.24) is 20.2 Å². The average Bonchev–Trinajstić information content (AvgIpc) is 3.22. The van der Waals surface area contributed by atoms with Crippen LogP contribution in [0.2, 0.25) is 0 Å². The van der Waals surface area contributed by atoms with Crippen LogP contribution >= 0.6 is 0 Å². The van der Waals surface area contributed by atoms with Crippen LogP contribution < -0.4 is 10.5 Å². The fraction of sp³-hybridized carbons (Fsp3) is 0.227. The zero-order valence-corrected chi connectivity index (χ0v) is 16.2. The molecule has 1 aliphatic heterocycles. The van der Waals surface area contributed by atoms with E-state index in [1.165, 1.54) is 0 Å². The van der Waals surface area contributed by atoms with E-state index in [1.807, 2.05) is 36.4 Å². The molecule has 30 heavy (non-hydrogen) atoms. The maximum absolute atomic E-state index is 11.7. The molecule has 0 spiro atoms. The number of piperidine rings is 1. The number of hydrogen-bond acceptors (Lipinski definition) is 6. The summed E-state index contributed by atoms with van der Waals surface area (Å²) < 4.78 is 0. The second-order valence-electron chi connectivity index (χ2n) is 7.50. The highest BCUT2D eigenvalue weighted by Gasteiger charge is 2.21. The largest absolute Gasteiger partial charge is 0.356 e. The first-order valence-corrected chi connectivity index (χ1v) is 9.92. The number of nitroso groups, excluding NO2 is 1. The molecule has 0 aliphatic carbocycles. The molecule has 4 aromatic rings. The molecule has 0 unspecified atom stereocenters. The van der Waals surface area contributed by atoms with Gasteiger partial charge in [0, 0.05) is 42.5 Å². The molecule has 0 amide bonds. The van der Waals surface area contributed by atoms with Gasteiger partial charge in [0.1, 0.15) is 11.5 Å². The zero-order valence-electron chi connectivity index (χ0n) is 16.2. The number of rotatable bonds is 4. The van der Waals surface area contributed by atoms with E-state index in [9.17, 15) is 9.70 Å². The minimum Gasteiger partial charge on any atom is -0.356 e.